The highest BCUT2D eigenvalue weighted by Gasteiger charge is 2.23. The predicted molar refractivity (Wildman–Crippen MR) is 98.4 cm³/mol. The smallest absolute Gasteiger partial charge is 0.317 e. The van der Waals surface area contributed by atoms with Gasteiger partial charge in [0, 0.05) is 25.0 Å². The van der Waals surface area contributed by atoms with E-state index in [9.17, 15) is 4.79 Å². The van der Waals surface area contributed by atoms with Gasteiger partial charge in [0.1, 0.15) is 5.75 Å². The highest BCUT2D eigenvalue weighted by molar-refractivity contribution is 5.74. The number of piperidine rings is 1. The largest absolute Gasteiger partial charge is 0.491 e. The van der Waals surface area contributed by atoms with Crippen LogP contribution in [0.4, 0.5) is 4.79 Å². The molecule has 25 heavy (non-hydrogen) atoms. The Balaban J connectivity index is 1.72. The van der Waals surface area contributed by atoms with Gasteiger partial charge in [0.25, 0.3) is 0 Å². The van der Waals surface area contributed by atoms with E-state index in [0.29, 0.717) is 13.1 Å². The summed E-state index contributed by atoms with van der Waals surface area (Å²) in [5.74, 6) is 0.991. The number of urea groups is 1. The summed E-state index contributed by atoms with van der Waals surface area (Å²) < 4.78 is 5.65. The summed E-state index contributed by atoms with van der Waals surface area (Å²) in [6.07, 6.45) is 3.55. The number of rotatable bonds is 6. The van der Waals surface area contributed by atoms with Crippen molar-refractivity contribution in [2.24, 2.45) is 5.92 Å². The van der Waals surface area contributed by atoms with Crippen LogP contribution in [0.15, 0.2) is 24.3 Å². The number of likely N-dealkylation sites (tertiary alicyclic amines) is 1. The van der Waals surface area contributed by atoms with E-state index < -0.39 is 0 Å². The number of hydrogen-bond acceptors (Lipinski definition) is 3. The van der Waals surface area contributed by atoms with E-state index in [4.69, 9.17) is 10.00 Å². The zero-order chi connectivity index (χ0) is 18.2. The molecule has 1 aromatic carbocycles. The quantitative estimate of drug-likeness (QED) is 0.855. The highest BCUT2D eigenvalue weighted by atomic mass is 16.5. The lowest BCUT2D eigenvalue weighted by Gasteiger charge is -2.30. The van der Waals surface area contributed by atoms with Crippen molar-refractivity contribution < 1.29 is 9.53 Å². The molecule has 1 heterocycles. The summed E-state index contributed by atoms with van der Waals surface area (Å²) in [5, 5.41) is 12.0. The highest BCUT2D eigenvalue weighted by Crippen LogP contribution is 2.17. The van der Waals surface area contributed by atoms with E-state index >= 15 is 0 Å². The van der Waals surface area contributed by atoms with Crippen LogP contribution < -0.4 is 10.1 Å². The average molecular weight is 343 g/mol. The molecule has 1 saturated heterocycles. The first-order chi connectivity index (χ1) is 12.0. The molecule has 136 valence electrons. The van der Waals surface area contributed by atoms with Gasteiger partial charge in [-0.15, -0.1) is 0 Å². The fraction of sp³-hybridized carbons (Fsp3) is 0.600. The number of nitrogens with one attached hydrogen (secondary N) is 1. The first kappa shape index (κ1) is 19.1. The van der Waals surface area contributed by atoms with Crippen LogP contribution in [-0.4, -0.2) is 36.2 Å². The molecule has 1 unspecified atom stereocenters. The number of hydrogen-bond donors (Lipinski definition) is 1. The Morgan fingerprint density at radius 3 is 2.48 bits per heavy atom. The van der Waals surface area contributed by atoms with Crippen molar-refractivity contribution in [2.45, 2.75) is 58.6 Å². The van der Waals surface area contributed by atoms with Gasteiger partial charge in [-0.25, -0.2) is 4.79 Å². The Bertz CT molecular complexity index is 584. The number of benzene rings is 1. The van der Waals surface area contributed by atoms with Crippen LogP contribution in [-0.2, 0) is 6.42 Å². The first-order valence-corrected chi connectivity index (χ1v) is 9.18. The van der Waals surface area contributed by atoms with Gasteiger partial charge in [-0.05, 0) is 64.2 Å². The van der Waals surface area contributed by atoms with Gasteiger partial charge in [0.2, 0.25) is 0 Å². The fourth-order valence-corrected chi connectivity index (χ4v) is 2.98. The Hall–Kier alpha value is -2.22. The zero-order valence-electron chi connectivity index (χ0n) is 15.5. The number of carbonyl (C=O) groups is 1. The third kappa shape index (κ3) is 6.30. The van der Waals surface area contributed by atoms with Crippen molar-refractivity contribution in [1.82, 2.24) is 10.2 Å². The summed E-state index contributed by atoms with van der Waals surface area (Å²) in [4.78, 5) is 14.1. The number of amides is 2. The molecule has 0 saturated carbocycles. The third-order valence-electron chi connectivity index (χ3n) is 4.50. The zero-order valence-corrected chi connectivity index (χ0v) is 15.5. The average Bonchev–Trinajstić information content (AvgIpc) is 2.60. The Morgan fingerprint density at radius 1 is 1.28 bits per heavy atom. The van der Waals surface area contributed by atoms with Crippen LogP contribution in [0.3, 0.4) is 0 Å². The van der Waals surface area contributed by atoms with Crippen LogP contribution >= 0.6 is 0 Å². The standard InChI is InChI=1S/C20H29N3O2/c1-15(2)25-19-8-6-17(7-9-19)5-4-16(3)22-20(24)23-12-10-18(14-21)11-13-23/h6-9,15-16,18H,4-5,10-13H2,1-3H3,(H,22,24). The number of carbonyl (C=O) groups excluding carboxylic acids is 1. The molecule has 2 amide bonds. The summed E-state index contributed by atoms with van der Waals surface area (Å²) in [6, 6.07) is 10.6. The number of nitriles is 1. The van der Waals surface area contributed by atoms with Crippen molar-refractivity contribution in [3.8, 4) is 11.8 Å². The molecule has 0 aliphatic carbocycles. The minimum atomic E-state index is -0.00966. The van der Waals surface area contributed by atoms with E-state index in [0.717, 1.165) is 31.4 Å². The van der Waals surface area contributed by atoms with Crippen LogP contribution in [0.25, 0.3) is 0 Å². The van der Waals surface area contributed by atoms with Gasteiger partial charge in [-0.2, -0.15) is 5.26 Å². The van der Waals surface area contributed by atoms with Crippen LogP contribution in [0, 0.1) is 17.2 Å². The van der Waals surface area contributed by atoms with Crippen molar-refractivity contribution >= 4 is 6.03 Å². The fourth-order valence-electron chi connectivity index (χ4n) is 2.98. The Morgan fingerprint density at radius 2 is 1.92 bits per heavy atom. The topological polar surface area (TPSA) is 65.4 Å². The van der Waals surface area contributed by atoms with E-state index in [1.807, 2.05) is 37.8 Å². The predicted octanol–water partition coefficient (Wildman–Crippen LogP) is 3.74. The molecule has 0 spiro atoms. The lowest BCUT2D eigenvalue weighted by molar-refractivity contribution is 0.175. The molecule has 1 aromatic rings. The lowest BCUT2D eigenvalue weighted by atomic mass is 9.99. The van der Waals surface area contributed by atoms with E-state index in [1.54, 1.807) is 0 Å². The minimum absolute atomic E-state index is 0.00966. The monoisotopic (exact) mass is 343 g/mol. The number of ether oxygens (including phenoxy) is 1. The molecule has 1 N–H and O–H groups in total. The Kier molecular flexibility index (Phi) is 7.12. The maximum absolute atomic E-state index is 12.3. The molecule has 0 bridgehead atoms. The molecule has 5 heteroatoms. The Labute approximate surface area is 151 Å². The molecule has 5 nitrogen and oxygen atoms in total. The van der Waals surface area contributed by atoms with Gasteiger partial charge in [-0.1, -0.05) is 12.1 Å². The van der Waals surface area contributed by atoms with Crippen LogP contribution in [0.1, 0.15) is 45.6 Å². The van der Waals surface area contributed by atoms with Crippen molar-refractivity contribution in [3.05, 3.63) is 29.8 Å². The molecule has 1 fully saturated rings. The summed E-state index contributed by atoms with van der Waals surface area (Å²) >= 11 is 0. The van der Waals surface area contributed by atoms with Gasteiger partial charge >= 0.3 is 6.03 Å². The maximum atomic E-state index is 12.3. The third-order valence-corrected chi connectivity index (χ3v) is 4.50. The molecule has 1 atom stereocenters. The molecule has 1 aliphatic heterocycles. The van der Waals surface area contributed by atoms with E-state index in [1.165, 1.54) is 5.56 Å². The first-order valence-electron chi connectivity index (χ1n) is 9.18. The van der Waals surface area contributed by atoms with Gasteiger partial charge < -0.3 is 15.0 Å². The summed E-state index contributed by atoms with van der Waals surface area (Å²) in [5.41, 5.74) is 1.24. The summed E-state index contributed by atoms with van der Waals surface area (Å²) in [7, 11) is 0. The molecule has 2 rings (SSSR count). The lowest BCUT2D eigenvalue weighted by Crippen LogP contribution is -2.47. The minimum Gasteiger partial charge on any atom is -0.491 e. The second-order valence-corrected chi connectivity index (χ2v) is 7.09. The second-order valence-electron chi connectivity index (χ2n) is 7.09. The van der Waals surface area contributed by atoms with E-state index in [-0.39, 0.29) is 24.1 Å². The molecular formula is C20H29N3O2. The van der Waals surface area contributed by atoms with Gasteiger partial charge in [0.15, 0.2) is 0 Å². The van der Waals surface area contributed by atoms with Crippen LogP contribution in [0.5, 0.6) is 5.75 Å². The maximum Gasteiger partial charge on any atom is 0.317 e. The van der Waals surface area contributed by atoms with Crippen LogP contribution in [0.2, 0.25) is 0 Å². The summed E-state index contributed by atoms with van der Waals surface area (Å²) in [6.45, 7) is 7.42. The van der Waals surface area contributed by atoms with E-state index in [2.05, 4.69) is 23.5 Å². The molecule has 0 aromatic heterocycles. The van der Waals surface area contributed by atoms with Crippen molar-refractivity contribution in [1.29, 1.82) is 5.26 Å². The number of aryl methyl sites for hydroxylation is 1. The molecule has 0 radical (unpaired) electrons. The van der Waals surface area contributed by atoms with Gasteiger partial charge in [0.05, 0.1) is 12.2 Å². The molecule has 1 aliphatic rings. The normalized spacial score (nSPS) is 16.4. The second kappa shape index (κ2) is 9.31. The number of nitrogens with zero attached hydrogens (tertiary/aromatic N) is 2. The van der Waals surface area contributed by atoms with Crippen molar-refractivity contribution in [3.63, 3.8) is 0 Å². The van der Waals surface area contributed by atoms with Crippen molar-refractivity contribution in [2.75, 3.05) is 13.1 Å². The SMILES string of the molecule is CC(CCc1ccc(OC(C)C)cc1)NC(=O)N1CCC(C#N)CC1. The molecular weight excluding hydrogens is 314 g/mol. The van der Waals surface area contributed by atoms with Gasteiger partial charge in [-0.3, -0.25) is 0 Å².